The fraction of sp³-hybridized carbons (Fsp3) is 0.214. The highest BCUT2D eigenvalue weighted by Crippen LogP contribution is 2.13. The van der Waals surface area contributed by atoms with Crippen LogP contribution in [0, 0.1) is 0 Å². The van der Waals surface area contributed by atoms with E-state index in [1.807, 2.05) is 0 Å². The molecular weight excluding hydrogens is 280 g/mol. The molecular formula is C14H14O7. The number of hydrogen-bond acceptors (Lipinski definition) is 6. The Morgan fingerprint density at radius 1 is 1.14 bits per heavy atom. The Hall–Kier alpha value is -2.83. The van der Waals surface area contributed by atoms with E-state index in [9.17, 15) is 19.5 Å². The summed E-state index contributed by atoms with van der Waals surface area (Å²) in [6, 6.07) is 5.58. The van der Waals surface area contributed by atoms with Crippen molar-refractivity contribution in [2.75, 3.05) is 13.2 Å². The minimum Gasteiger partial charge on any atom is -0.502 e. The first-order valence-electron chi connectivity index (χ1n) is 6.00. The zero-order valence-corrected chi connectivity index (χ0v) is 11.2. The van der Waals surface area contributed by atoms with Gasteiger partial charge in [-0.2, -0.15) is 0 Å². The van der Waals surface area contributed by atoms with Gasteiger partial charge in [0.25, 0.3) is 0 Å². The molecule has 1 rings (SSSR count). The van der Waals surface area contributed by atoms with Crippen LogP contribution in [0.25, 0.3) is 0 Å². The smallest absolute Gasteiger partial charge is 0.373 e. The summed E-state index contributed by atoms with van der Waals surface area (Å²) in [4.78, 5) is 33.2. The summed E-state index contributed by atoms with van der Waals surface area (Å²) in [7, 11) is 0. The Kier molecular flexibility index (Phi) is 5.94. The van der Waals surface area contributed by atoms with Gasteiger partial charge >= 0.3 is 11.9 Å². The monoisotopic (exact) mass is 294 g/mol. The molecule has 7 heteroatoms. The molecule has 0 saturated heterocycles. The van der Waals surface area contributed by atoms with Gasteiger partial charge in [0.2, 0.25) is 5.76 Å². The molecule has 0 atom stereocenters. The van der Waals surface area contributed by atoms with Gasteiger partial charge in [-0.05, 0) is 31.2 Å². The molecule has 1 aromatic carbocycles. The van der Waals surface area contributed by atoms with E-state index in [1.54, 1.807) is 6.92 Å². The molecule has 2 N–H and O–H groups in total. The van der Waals surface area contributed by atoms with Crippen molar-refractivity contribution in [3.63, 3.8) is 0 Å². The van der Waals surface area contributed by atoms with Crippen molar-refractivity contribution in [1.82, 2.24) is 0 Å². The number of aliphatic hydroxyl groups is 1. The SMILES string of the molecule is CCOC(=O)C(O)=CC(=O)c1ccc(OCC(=O)O)cc1. The zero-order valence-electron chi connectivity index (χ0n) is 11.2. The maximum atomic E-state index is 11.8. The average Bonchev–Trinajstić information content (AvgIpc) is 2.45. The summed E-state index contributed by atoms with van der Waals surface area (Å²) in [5, 5.41) is 17.8. The second-order valence-electron chi connectivity index (χ2n) is 3.82. The van der Waals surface area contributed by atoms with Crippen molar-refractivity contribution in [2.45, 2.75) is 6.92 Å². The van der Waals surface area contributed by atoms with Gasteiger partial charge in [-0.15, -0.1) is 0 Å². The van der Waals surface area contributed by atoms with Crippen molar-refractivity contribution in [2.24, 2.45) is 0 Å². The van der Waals surface area contributed by atoms with Crippen molar-refractivity contribution in [1.29, 1.82) is 0 Å². The number of carbonyl (C=O) groups is 3. The lowest BCUT2D eigenvalue weighted by Crippen LogP contribution is -2.10. The predicted molar refractivity (Wildman–Crippen MR) is 71.2 cm³/mol. The maximum absolute atomic E-state index is 11.8. The van der Waals surface area contributed by atoms with Crippen LogP contribution < -0.4 is 4.74 Å². The van der Waals surface area contributed by atoms with E-state index < -0.39 is 30.1 Å². The van der Waals surface area contributed by atoms with E-state index in [2.05, 4.69) is 4.74 Å². The van der Waals surface area contributed by atoms with Crippen LogP contribution in [0.3, 0.4) is 0 Å². The maximum Gasteiger partial charge on any atom is 0.373 e. The Balaban J connectivity index is 2.73. The molecule has 0 heterocycles. The third-order valence-electron chi connectivity index (χ3n) is 2.25. The van der Waals surface area contributed by atoms with Gasteiger partial charge in [0.05, 0.1) is 6.61 Å². The van der Waals surface area contributed by atoms with E-state index in [4.69, 9.17) is 9.84 Å². The number of allylic oxidation sites excluding steroid dienone is 1. The number of ether oxygens (including phenoxy) is 2. The molecule has 0 aromatic heterocycles. The predicted octanol–water partition coefficient (Wildman–Crippen LogP) is 1.34. The first-order chi connectivity index (χ1) is 9.93. The van der Waals surface area contributed by atoms with Crippen LogP contribution in [0.15, 0.2) is 36.1 Å². The average molecular weight is 294 g/mol. The Morgan fingerprint density at radius 3 is 2.29 bits per heavy atom. The summed E-state index contributed by atoms with van der Waals surface area (Å²) >= 11 is 0. The van der Waals surface area contributed by atoms with Crippen LogP contribution in [-0.4, -0.2) is 41.1 Å². The second-order valence-corrected chi connectivity index (χ2v) is 3.82. The fourth-order valence-electron chi connectivity index (χ4n) is 1.33. The quantitative estimate of drug-likeness (QED) is 0.338. The van der Waals surface area contributed by atoms with Gasteiger partial charge in [-0.25, -0.2) is 9.59 Å². The summed E-state index contributed by atoms with van der Waals surface area (Å²) in [6.07, 6.45) is 0.755. The number of hydrogen-bond donors (Lipinski definition) is 2. The van der Waals surface area contributed by atoms with Crippen LogP contribution in [0.1, 0.15) is 17.3 Å². The van der Waals surface area contributed by atoms with E-state index in [1.165, 1.54) is 24.3 Å². The molecule has 0 bridgehead atoms. The number of rotatable bonds is 7. The van der Waals surface area contributed by atoms with E-state index in [0.29, 0.717) is 0 Å². The lowest BCUT2D eigenvalue weighted by atomic mass is 10.1. The highest BCUT2D eigenvalue weighted by atomic mass is 16.5. The number of carbonyl (C=O) groups excluding carboxylic acids is 2. The van der Waals surface area contributed by atoms with Crippen LogP contribution in [0.5, 0.6) is 5.75 Å². The highest BCUT2D eigenvalue weighted by Gasteiger charge is 2.12. The Labute approximate surface area is 120 Å². The molecule has 0 aliphatic rings. The lowest BCUT2D eigenvalue weighted by Gasteiger charge is -2.04. The van der Waals surface area contributed by atoms with Crippen molar-refractivity contribution in [3.05, 3.63) is 41.7 Å². The molecule has 0 aliphatic carbocycles. The van der Waals surface area contributed by atoms with Gasteiger partial charge in [0, 0.05) is 11.6 Å². The van der Waals surface area contributed by atoms with Gasteiger partial charge in [0.15, 0.2) is 12.4 Å². The Morgan fingerprint density at radius 2 is 1.76 bits per heavy atom. The van der Waals surface area contributed by atoms with Crippen molar-refractivity contribution >= 4 is 17.7 Å². The Bertz CT molecular complexity index is 557. The minimum absolute atomic E-state index is 0.0839. The van der Waals surface area contributed by atoms with Gasteiger partial charge in [-0.3, -0.25) is 4.79 Å². The van der Waals surface area contributed by atoms with E-state index >= 15 is 0 Å². The fourth-order valence-corrected chi connectivity index (χ4v) is 1.33. The van der Waals surface area contributed by atoms with Gasteiger partial charge < -0.3 is 19.7 Å². The first kappa shape index (κ1) is 16.2. The molecule has 0 aliphatic heterocycles. The minimum atomic E-state index is -1.11. The molecule has 21 heavy (non-hydrogen) atoms. The van der Waals surface area contributed by atoms with Crippen LogP contribution in [-0.2, 0) is 14.3 Å². The number of aliphatic hydroxyl groups excluding tert-OH is 1. The number of benzene rings is 1. The molecule has 7 nitrogen and oxygen atoms in total. The summed E-state index contributed by atoms with van der Waals surface area (Å²) in [5.74, 6) is -3.18. The first-order valence-corrected chi connectivity index (χ1v) is 6.00. The summed E-state index contributed by atoms with van der Waals surface area (Å²) in [6.45, 7) is 1.17. The molecule has 0 saturated carbocycles. The molecule has 0 amide bonds. The molecule has 0 radical (unpaired) electrons. The molecule has 0 fully saturated rings. The third-order valence-corrected chi connectivity index (χ3v) is 2.25. The summed E-state index contributed by atoms with van der Waals surface area (Å²) < 4.78 is 9.43. The summed E-state index contributed by atoms with van der Waals surface area (Å²) in [5.41, 5.74) is 0.202. The standard InChI is InChI=1S/C14H14O7/c1-2-20-14(19)12(16)7-11(15)9-3-5-10(6-4-9)21-8-13(17)18/h3-7,16H,2,8H2,1H3,(H,17,18). The molecule has 112 valence electrons. The topological polar surface area (TPSA) is 110 Å². The van der Waals surface area contributed by atoms with E-state index in [0.717, 1.165) is 6.08 Å². The lowest BCUT2D eigenvalue weighted by molar-refractivity contribution is -0.141. The van der Waals surface area contributed by atoms with Crippen molar-refractivity contribution in [3.8, 4) is 5.75 Å². The van der Waals surface area contributed by atoms with Crippen LogP contribution in [0.2, 0.25) is 0 Å². The van der Waals surface area contributed by atoms with Crippen LogP contribution in [0.4, 0.5) is 0 Å². The number of aliphatic carboxylic acids is 1. The van der Waals surface area contributed by atoms with Gasteiger partial charge in [-0.1, -0.05) is 0 Å². The number of esters is 1. The van der Waals surface area contributed by atoms with Gasteiger partial charge in [0.1, 0.15) is 5.75 Å². The van der Waals surface area contributed by atoms with E-state index in [-0.39, 0.29) is 17.9 Å². The number of carboxylic acid groups (broad SMARTS) is 1. The van der Waals surface area contributed by atoms with Crippen molar-refractivity contribution < 1.29 is 34.1 Å². The second kappa shape index (κ2) is 7.68. The third kappa shape index (κ3) is 5.35. The molecule has 0 spiro atoms. The largest absolute Gasteiger partial charge is 0.502 e. The van der Waals surface area contributed by atoms with Crippen LogP contribution >= 0.6 is 0 Å². The highest BCUT2D eigenvalue weighted by molar-refractivity contribution is 6.07. The molecule has 1 aromatic rings. The normalized spacial score (nSPS) is 10.8. The number of carboxylic acids is 1. The number of ketones is 1. The molecule has 0 unspecified atom stereocenters. The zero-order chi connectivity index (χ0) is 15.8.